The van der Waals surface area contributed by atoms with Gasteiger partial charge in [-0.15, -0.1) is 0 Å². The minimum atomic E-state index is -2.79. The molecule has 2 aliphatic heterocycles. The number of nitrogens with zero attached hydrogens (tertiary/aromatic N) is 1. The van der Waals surface area contributed by atoms with Crippen molar-refractivity contribution in [2.45, 2.75) is 12.5 Å². The van der Waals surface area contributed by atoms with E-state index < -0.39 is 9.84 Å². The first-order valence-electron chi connectivity index (χ1n) is 4.33. The van der Waals surface area contributed by atoms with Gasteiger partial charge in [0.15, 0.2) is 14.9 Å². The summed E-state index contributed by atoms with van der Waals surface area (Å²) >= 11 is 5.07. The Kier molecular flexibility index (Phi) is 2.19. The van der Waals surface area contributed by atoms with Gasteiger partial charge in [-0.2, -0.15) is 0 Å². The van der Waals surface area contributed by atoms with Gasteiger partial charge in [0.2, 0.25) is 0 Å². The van der Waals surface area contributed by atoms with Crippen LogP contribution in [0.3, 0.4) is 0 Å². The van der Waals surface area contributed by atoms with Crippen molar-refractivity contribution in [2.75, 3.05) is 24.6 Å². The normalized spacial score (nSPS) is 30.2. The summed E-state index contributed by atoms with van der Waals surface area (Å²) in [7, 11) is -2.79. The Bertz CT molecular complexity index is 321. The van der Waals surface area contributed by atoms with Gasteiger partial charge in [0.05, 0.1) is 11.5 Å². The van der Waals surface area contributed by atoms with Crippen LogP contribution in [0.25, 0.3) is 0 Å². The monoisotopic (exact) mass is 220 g/mol. The third-order valence-electron chi connectivity index (χ3n) is 2.29. The highest BCUT2D eigenvalue weighted by Gasteiger charge is 2.30. The fourth-order valence-electron chi connectivity index (χ4n) is 1.43. The number of thiocarbonyl (C=S) groups is 1. The van der Waals surface area contributed by atoms with Crippen molar-refractivity contribution in [3.05, 3.63) is 0 Å². The van der Waals surface area contributed by atoms with Crippen LogP contribution in [-0.4, -0.2) is 49.1 Å². The van der Waals surface area contributed by atoms with E-state index in [4.69, 9.17) is 12.2 Å². The molecule has 2 saturated heterocycles. The second-order valence-electron chi connectivity index (χ2n) is 3.54. The topological polar surface area (TPSA) is 49.2 Å². The van der Waals surface area contributed by atoms with Gasteiger partial charge in [0.1, 0.15) is 0 Å². The van der Waals surface area contributed by atoms with Crippen molar-refractivity contribution in [3.63, 3.8) is 0 Å². The van der Waals surface area contributed by atoms with Crippen LogP contribution < -0.4 is 5.32 Å². The molecular weight excluding hydrogens is 208 g/mol. The Balaban J connectivity index is 1.86. The van der Waals surface area contributed by atoms with Crippen molar-refractivity contribution in [1.82, 2.24) is 10.2 Å². The smallest absolute Gasteiger partial charge is 0.169 e. The van der Waals surface area contributed by atoms with E-state index in [9.17, 15) is 8.42 Å². The Hall–Kier alpha value is -0.360. The summed E-state index contributed by atoms with van der Waals surface area (Å²) in [6.07, 6.45) is 0.691. The van der Waals surface area contributed by atoms with Gasteiger partial charge in [-0.05, 0) is 18.6 Å². The zero-order chi connectivity index (χ0) is 9.47. The van der Waals surface area contributed by atoms with Gasteiger partial charge in [0.25, 0.3) is 0 Å². The maximum absolute atomic E-state index is 11.1. The maximum Gasteiger partial charge on any atom is 0.169 e. The van der Waals surface area contributed by atoms with E-state index in [1.54, 1.807) is 0 Å². The number of sulfone groups is 1. The van der Waals surface area contributed by atoms with Crippen LogP contribution in [0.4, 0.5) is 0 Å². The quantitative estimate of drug-likeness (QED) is 0.471. The molecule has 13 heavy (non-hydrogen) atoms. The van der Waals surface area contributed by atoms with Crippen molar-refractivity contribution in [2.24, 2.45) is 0 Å². The molecular formula is C7H12N2O2S2. The van der Waals surface area contributed by atoms with E-state index in [1.807, 2.05) is 4.90 Å². The Morgan fingerprint density at radius 3 is 2.62 bits per heavy atom. The summed E-state index contributed by atoms with van der Waals surface area (Å²) < 4.78 is 22.2. The Labute approximate surface area is 83.2 Å². The second-order valence-corrected chi connectivity index (χ2v) is 6.15. The van der Waals surface area contributed by atoms with Crippen LogP contribution in [0.2, 0.25) is 0 Å². The van der Waals surface area contributed by atoms with E-state index >= 15 is 0 Å². The lowest BCUT2D eigenvalue weighted by atomic mass is 10.3. The summed E-state index contributed by atoms with van der Waals surface area (Å²) in [5, 5.41) is 3.78. The van der Waals surface area contributed by atoms with Crippen LogP contribution >= 0.6 is 12.2 Å². The van der Waals surface area contributed by atoms with Crippen LogP contribution in [0.5, 0.6) is 0 Å². The highest BCUT2D eigenvalue weighted by atomic mass is 32.2. The van der Waals surface area contributed by atoms with Crippen LogP contribution in [0, 0.1) is 0 Å². The maximum atomic E-state index is 11.1. The van der Waals surface area contributed by atoms with E-state index in [-0.39, 0.29) is 11.8 Å². The highest BCUT2D eigenvalue weighted by molar-refractivity contribution is 7.91. The molecule has 0 bridgehead atoms. The summed E-state index contributed by atoms with van der Waals surface area (Å²) in [5.74, 6) is 0.536. The summed E-state index contributed by atoms with van der Waals surface area (Å²) in [6, 6.07) is 0.0399. The van der Waals surface area contributed by atoms with E-state index in [0.29, 0.717) is 17.3 Å². The summed E-state index contributed by atoms with van der Waals surface area (Å²) in [6.45, 7) is 2.01. The molecule has 2 heterocycles. The predicted molar refractivity (Wildman–Crippen MR) is 54.4 cm³/mol. The highest BCUT2D eigenvalue weighted by Crippen LogP contribution is 2.13. The van der Waals surface area contributed by atoms with Crippen molar-refractivity contribution >= 4 is 27.2 Å². The number of hydrogen-bond donors (Lipinski definition) is 1. The lowest BCUT2D eigenvalue weighted by molar-refractivity contribution is 0.599. The standard InChI is InChI=1S/C7H12N2O2S2/c10-13(11)4-1-6(5-13)8-7(12)9-2-3-9/h6H,1-5H2,(H,8,12)/t6-/m1/s1. The van der Waals surface area contributed by atoms with Gasteiger partial charge in [-0.25, -0.2) is 8.42 Å². The van der Waals surface area contributed by atoms with Gasteiger partial charge < -0.3 is 10.2 Å². The number of nitrogens with one attached hydrogen (secondary N) is 1. The Morgan fingerprint density at radius 1 is 1.46 bits per heavy atom. The Morgan fingerprint density at radius 2 is 2.15 bits per heavy atom. The molecule has 0 aromatic rings. The number of rotatable bonds is 1. The molecule has 2 fully saturated rings. The van der Waals surface area contributed by atoms with E-state index in [0.717, 1.165) is 13.1 Å². The molecule has 0 aromatic heterocycles. The fourth-order valence-corrected chi connectivity index (χ4v) is 3.45. The minimum Gasteiger partial charge on any atom is -0.359 e. The average Bonchev–Trinajstić information content (AvgIpc) is 2.78. The first-order valence-corrected chi connectivity index (χ1v) is 6.56. The summed E-state index contributed by atoms with van der Waals surface area (Å²) in [4.78, 5) is 2.01. The molecule has 0 aliphatic carbocycles. The van der Waals surface area contributed by atoms with Crippen molar-refractivity contribution in [3.8, 4) is 0 Å². The molecule has 0 saturated carbocycles. The van der Waals surface area contributed by atoms with Gasteiger partial charge >= 0.3 is 0 Å². The third-order valence-corrected chi connectivity index (χ3v) is 4.44. The number of hydrogen-bond acceptors (Lipinski definition) is 3. The zero-order valence-electron chi connectivity index (χ0n) is 7.19. The van der Waals surface area contributed by atoms with E-state index in [1.165, 1.54) is 0 Å². The third kappa shape index (κ3) is 2.31. The van der Waals surface area contributed by atoms with Gasteiger partial charge in [0, 0.05) is 19.1 Å². The molecule has 6 heteroatoms. The molecule has 1 atom stereocenters. The molecule has 0 unspecified atom stereocenters. The molecule has 1 N–H and O–H groups in total. The van der Waals surface area contributed by atoms with Gasteiger partial charge in [-0.3, -0.25) is 0 Å². The van der Waals surface area contributed by atoms with Crippen molar-refractivity contribution < 1.29 is 8.42 Å². The largest absolute Gasteiger partial charge is 0.359 e. The second kappa shape index (κ2) is 3.09. The molecule has 0 aromatic carbocycles. The predicted octanol–water partition coefficient (Wildman–Crippen LogP) is -0.636. The average molecular weight is 220 g/mol. The first-order chi connectivity index (χ1) is 6.07. The summed E-state index contributed by atoms with van der Waals surface area (Å²) in [5.41, 5.74) is 0. The molecule has 0 amide bonds. The van der Waals surface area contributed by atoms with Crippen LogP contribution in [-0.2, 0) is 9.84 Å². The van der Waals surface area contributed by atoms with Crippen LogP contribution in [0.1, 0.15) is 6.42 Å². The van der Waals surface area contributed by atoms with E-state index in [2.05, 4.69) is 5.32 Å². The molecule has 74 valence electrons. The van der Waals surface area contributed by atoms with Gasteiger partial charge in [-0.1, -0.05) is 0 Å². The molecule has 0 radical (unpaired) electrons. The van der Waals surface area contributed by atoms with Crippen molar-refractivity contribution in [1.29, 1.82) is 0 Å². The SMILES string of the molecule is O=S1(=O)CC[C@@H](NC(=S)N2CC2)C1. The molecule has 2 rings (SSSR count). The molecule has 4 nitrogen and oxygen atoms in total. The lowest BCUT2D eigenvalue weighted by Gasteiger charge is -2.13. The minimum absolute atomic E-state index is 0.0399. The fraction of sp³-hybridized carbons (Fsp3) is 0.857. The van der Waals surface area contributed by atoms with Crippen LogP contribution in [0.15, 0.2) is 0 Å². The first kappa shape index (κ1) is 9.21. The lowest BCUT2D eigenvalue weighted by Crippen LogP contribution is -2.38. The zero-order valence-corrected chi connectivity index (χ0v) is 8.83. The molecule has 2 aliphatic rings. The molecule has 0 spiro atoms.